The Bertz CT molecular complexity index is 766. The largest absolute Gasteiger partial charge is 0.507 e. The summed E-state index contributed by atoms with van der Waals surface area (Å²) in [5, 5.41) is 12.5. The number of nitrogens with one attached hydrogen (secondary N) is 1. The molecule has 2 N–H and O–H groups in total. The minimum Gasteiger partial charge on any atom is -0.507 e. The lowest BCUT2D eigenvalue weighted by Crippen LogP contribution is -2.37. The number of para-hydroxylation sites is 1. The van der Waals surface area contributed by atoms with Gasteiger partial charge in [0.25, 0.3) is 0 Å². The van der Waals surface area contributed by atoms with Crippen LogP contribution in [0.25, 0.3) is 0 Å². The lowest BCUT2D eigenvalue weighted by molar-refractivity contribution is -0.0967. The quantitative estimate of drug-likeness (QED) is 0.842. The number of aromatic hydroxyl groups is 1. The van der Waals surface area contributed by atoms with Gasteiger partial charge in [0.2, 0.25) is 0 Å². The molecule has 0 saturated carbocycles. The first kappa shape index (κ1) is 15.2. The van der Waals surface area contributed by atoms with E-state index < -0.39 is 23.8 Å². The molecular formula is C17H13F3N2O. The predicted molar refractivity (Wildman–Crippen MR) is 81.0 cm³/mol. The zero-order valence-corrected chi connectivity index (χ0v) is 11.9. The van der Waals surface area contributed by atoms with E-state index in [2.05, 4.69) is 22.2 Å². The van der Waals surface area contributed by atoms with Gasteiger partial charge in [0.15, 0.2) is 0 Å². The molecular weight excluding hydrogens is 305 g/mol. The number of hydrogen-bond donors (Lipinski definition) is 2. The van der Waals surface area contributed by atoms with E-state index in [1.807, 2.05) is 0 Å². The molecule has 3 rings (SSSR count). The average molecular weight is 318 g/mol. The number of alkyl halides is 3. The summed E-state index contributed by atoms with van der Waals surface area (Å²) in [5.74, 6) is 5.68. The molecule has 0 spiro atoms. The average Bonchev–Trinajstić information content (AvgIpc) is 2.95. The molecule has 0 saturated heterocycles. The number of dihydropyridines is 1. The first-order valence-electron chi connectivity index (χ1n) is 7.03. The summed E-state index contributed by atoms with van der Waals surface area (Å²) in [5.41, 5.74) is 0.260. The number of phenolic OH excluding ortho intramolecular Hbond substituents is 1. The molecule has 0 amide bonds. The van der Waals surface area contributed by atoms with Gasteiger partial charge in [0, 0.05) is 6.42 Å². The number of halogens is 3. The predicted octanol–water partition coefficient (Wildman–Crippen LogP) is 2.93. The summed E-state index contributed by atoms with van der Waals surface area (Å²) >= 11 is 0. The molecule has 1 aromatic carbocycles. The third kappa shape index (κ3) is 3.24. The summed E-state index contributed by atoms with van der Waals surface area (Å²) < 4.78 is 39.0. The summed E-state index contributed by atoms with van der Waals surface area (Å²) in [6.07, 6.45) is -0.401. The van der Waals surface area contributed by atoms with Crippen molar-refractivity contribution in [3.63, 3.8) is 0 Å². The Labute approximate surface area is 131 Å². The van der Waals surface area contributed by atoms with Crippen molar-refractivity contribution in [1.29, 1.82) is 0 Å². The molecule has 0 fully saturated rings. The fourth-order valence-corrected chi connectivity index (χ4v) is 2.53. The van der Waals surface area contributed by atoms with Crippen molar-refractivity contribution in [1.82, 2.24) is 5.32 Å². The molecule has 2 unspecified atom stereocenters. The van der Waals surface area contributed by atoms with Crippen LogP contribution < -0.4 is 5.32 Å². The van der Waals surface area contributed by atoms with E-state index in [0.717, 1.165) is 6.08 Å². The molecule has 2 aliphatic heterocycles. The van der Waals surface area contributed by atoms with Gasteiger partial charge < -0.3 is 10.4 Å². The number of phenols is 1. The lowest BCUT2D eigenvalue weighted by Gasteiger charge is -2.25. The third-order valence-electron chi connectivity index (χ3n) is 3.63. The van der Waals surface area contributed by atoms with E-state index in [9.17, 15) is 18.3 Å². The van der Waals surface area contributed by atoms with Gasteiger partial charge in [0.1, 0.15) is 17.5 Å². The maximum Gasteiger partial charge on any atom is 0.414 e. The van der Waals surface area contributed by atoms with E-state index in [-0.39, 0.29) is 12.2 Å². The zero-order valence-electron chi connectivity index (χ0n) is 11.9. The van der Waals surface area contributed by atoms with Gasteiger partial charge in [-0.15, -0.1) is 0 Å². The minimum absolute atomic E-state index is 0.0517. The highest BCUT2D eigenvalue weighted by atomic mass is 19.4. The number of benzene rings is 1. The van der Waals surface area contributed by atoms with Crippen LogP contribution in [0.15, 0.2) is 53.2 Å². The second-order valence-electron chi connectivity index (χ2n) is 5.21. The molecule has 23 heavy (non-hydrogen) atoms. The summed E-state index contributed by atoms with van der Waals surface area (Å²) in [6.45, 7) is 0. The molecule has 118 valence electrons. The van der Waals surface area contributed by atoms with Crippen molar-refractivity contribution < 1.29 is 18.3 Å². The van der Waals surface area contributed by atoms with Gasteiger partial charge in [-0.3, -0.25) is 4.99 Å². The first-order chi connectivity index (χ1) is 10.9. The molecule has 0 aliphatic carbocycles. The summed E-state index contributed by atoms with van der Waals surface area (Å²) in [6, 6.07) is 5.19. The van der Waals surface area contributed by atoms with Gasteiger partial charge in [-0.25, -0.2) is 0 Å². The fourth-order valence-electron chi connectivity index (χ4n) is 2.53. The SMILES string of the molecule is Oc1ccccc1C1=NC(CC2NC=CC=C2C(F)(F)F)C#C1. The highest BCUT2D eigenvalue weighted by Gasteiger charge is 2.39. The van der Waals surface area contributed by atoms with Gasteiger partial charge in [-0.05, 0) is 30.3 Å². The van der Waals surface area contributed by atoms with Crippen molar-refractivity contribution in [2.24, 2.45) is 4.99 Å². The van der Waals surface area contributed by atoms with Crippen molar-refractivity contribution in [2.45, 2.75) is 24.7 Å². The van der Waals surface area contributed by atoms with E-state index in [1.54, 1.807) is 18.2 Å². The van der Waals surface area contributed by atoms with Crippen LogP contribution in [0, 0.1) is 11.8 Å². The summed E-state index contributed by atoms with van der Waals surface area (Å²) in [4.78, 5) is 4.31. The van der Waals surface area contributed by atoms with Crippen molar-refractivity contribution in [3.8, 4) is 17.6 Å². The molecule has 0 radical (unpaired) electrons. The Balaban J connectivity index is 1.76. The van der Waals surface area contributed by atoms with Crippen LogP contribution in [0.1, 0.15) is 12.0 Å². The Morgan fingerprint density at radius 2 is 2.04 bits per heavy atom. The lowest BCUT2D eigenvalue weighted by atomic mass is 9.97. The highest BCUT2D eigenvalue weighted by molar-refractivity contribution is 6.15. The van der Waals surface area contributed by atoms with E-state index in [4.69, 9.17) is 0 Å². The molecule has 6 heteroatoms. The van der Waals surface area contributed by atoms with Crippen LogP contribution in [0.3, 0.4) is 0 Å². The standard InChI is InChI=1S/C17H13F3N2O/c18-17(19,20)13-5-3-9-21-15(13)10-11-7-8-14(22-11)12-4-1-2-6-16(12)23/h1-6,9,11,15,21,23H,10H2. The number of rotatable bonds is 3. The maximum atomic E-state index is 13.0. The molecule has 2 atom stereocenters. The normalized spacial score (nSPS) is 22.7. The van der Waals surface area contributed by atoms with Crippen LogP contribution in [-0.2, 0) is 0 Å². The molecule has 3 nitrogen and oxygen atoms in total. The first-order valence-corrected chi connectivity index (χ1v) is 7.03. The van der Waals surface area contributed by atoms with Crippen LogP contribution in [-0.4, -0.2) is 29.1 Å². The molecule has 1 aromatic rings. The van der Waals surface area contributed by atoms with E-state index in [1.165, 1.54) is 18.3 Å². The molecule has 0 aromatic heterocycles. The fraction of sp³-hybridized carbons (Fsp3) is 0.235. The van der Waals surface area contributed by atoms with E-state index in [0.29, 0.717) is 11.3 Å². The highest BCUT2D eigenvalue weighted by Crippen LogP contribution is 2.32. The maximum absolute atomic E-state index is 13.0. The second-order valence-corrected chi connectivity index (χ2v) is 5.21. The van der Waals surface area contributed by atoms with Crippen LogP contribution in [0.4, 0.5) is 13.2 Å². The van der Waals surface area contributed by atoms with Crippen LogP contribution in [0.2, 0.25) is 0 Å². The van der Waals surface area contributed by atoms with Crippen LogP contribution in [0.5, 0.6) is 5.75 Å². The Kier molecular flexibility index (Phi) is 3.87. The Morgan fingerprint density at radius 3 is 2.78 bits per heavy atom. The second kappa shape index (κ2) is 5.84. The number of allylic oxidation sites excluding steroid dienone is 2. The van der Waals surface area contributed by atoms with Gasteiger partial charge in [-0.2, -0.15) is 13.2 Å². The topological polar surface area (TPSA) is 44.6 Å². The van der Waals surface area contributed by atoms with Gasteiger partial charge in [0.05, 0.1) is 17.2 Å². The van der Waals surface area contributed by atoms with Crippen molar-refractivity contribution in [3.05, 3.63) is 53.8 Å². The van der Waals surface area contributed by atoms with Gasteiger partial charge in [-0.1, -0.05) is 24.1 Å². The van der Waals surface area contributed by atoms with Crippen molar-refractivity contribution in [2.75, 3.05) is 0 Å². The monoisotopic (exact) mass is 318 g/mol. The molecule has 2 aliphatic rings. The number of nitrogens with zero attached hydrogens (tertiary/aromatic N) is 1. The Hall–Kier alpha value is -2.68. The molecule has 0 bridgehead atoms. The minimum atomic E-state index is -4.39. The van der Waals surface area contributed by atoms with Gasteiger partial charge >= 0.3 is 6.18 Å². The van der Waals surface area contributed by atoms with E-state index >= 15 is 0 Å². The molecule has 2 heterocycles. The smallest absolute Gasteiger partial charge is 0.414 e. The Morgan fingerprint density at radius 1 is 1.26 bits per heavy atom. The van der Waals surface area contributed by atoms with Crippen molar-refractivity contribution >= 4 is 5.71 Å². The number of hydrogen-bond acceptors (Lipinski definition) is 3. The third-order valence-corrected chi connectivity index (χ3v) is 3.63. The number of aliphatic imine (C=N–C) groups is 1. The zero-order chi connectivity index (χ0) is 16.4. The summed E-state index contributed by atoms with van der Waals surface area (Å²) in [7, 11) is 0. The van der Waals surface area contributed by atoms with Crippen LogP contribution >= 0.6 is 0 Å².